The third kappa shape index (κ3) is 3.76. The molecule has 1 aromatic heterocycles. The summed E-state index contributed by atoms with van der Waals surface area (Å²) in [5, 5.41) is 4.03. The molecule has 1 aliphatic rings. The Morgan fingerprint density at radius 1 is 1.30 bits per heavy atom. The van der Waals surface area contributed by atoms with E-state index in [1.165, 1.54) is 10.3 Å². The van der Waals surface area contributed by atoms with E-state index in [0.717, 1.165) is 35.7 Å². The Kier molecular flexibility index (Phi) is 4.99. The van der Waals surface area contributed by atoms with Gasteiger partial charge < -0.3 is 15.0 Å². The van der Waals surface area contributed by atoms with Gasteiger partial charge in [-0.05, 0) is 49.6 Å². The molecule has 0 spiro atoms. The molecule has 4 rings (SSSR count). The van der Waals surface area contributed by atoms with Crippen molar-refractivity contribution in [1.82, 2.24) is 4.98 Å². The average molecular weight is 382 g/mol. The van der Waals surface area contributed by atoms with Crippen molar-refractivity contribution in [2.24, 2.45) is 5.92 Å². The highest BCUT2D eigenvalue weighted by molar-refractivity contribution is 7.22. The number of benzene rings is 2. The predicted octanol–water partition coefficient (Wildman–Crippen LogP) is 4.47. The average Bonchev–Trinajstić information content (AvgIpc) is 3.11. The van der Waals surface area contributed by atoms with Gasteiger partial charge >= 0.3 is 0 Å². The van der Waals surface area contributed by atoms with Gasteiger partial charge in [0.2, 0.25) is 5.91 Å². The highest BCUT2D eigenvalue weighted by Crippen LogP contribution is 2.32. The van der Waals surface area contributed by atoms with Crippen LogP contribution >= 0.6 is 11.3 Å². The summed E-state index contributed by atoms with van der Waals surface area (Å²) < 4.78 is 6.53. The first-order valence-electron chi connectivity index (χ1n) is 9.20. The number of hydrogen-bond acceptors (Lipinski definition) is 5. The maximum atomic E-state index is 12.8. The number of methoxy groups -OCH3 is 1. The Labute approximate surface area is 163 Å². The van der Waals surface area contributed by atoms with Crippen molar-refractivity contribution in [3.8, 4) is 5.75 Å². The van der Waals surface area contributed by atoms with Gasteiger partial charge in [0.05, 0.1) is 28.9 Å². The van der Waals surface area contributed by atoms with Gasteiger partial charge in [0.15, 0.2) is 5.13 Å². The zero-order chi connectivity index (χ0) is 18.8. The SMILES string of the molecule is COc1ccccc1NC(=O)C1CCCN(c2nc3ccc(C)cc3s2)C1. The number of rotatable bonds is 4. The fourth-order valence-corrected chi connectivity index (χ4v) is 4.60. The van der Waals surface area contributed by atoms with Crippen LogP contribution in [0.3, 0.4) is 0 Å². The number of aromatic nitrogens is 1. The summed E-state index contributed by atoms with van der Waals surface area (Å²) in [6, 6.07) is 13.8. The first kappa shape index (κ1) is 17.8. The van der Waals surface area contributed by atoms with Gasteiger partial charge in [-0.25, -0.2) is 4.98 Å². The van der Waals surface area contributed by atoms with Gasteiger partial charge in [-0.15, -0.1) is 0 Å². The number of nitrogens with zero attached hydrogens (tertiary/aromatic N) is 2. The molecule has 0 aliphatic carbocycles. The largest absolute Gasteiger partial charge is 0.495 e. The molecule has 1 atom stereocenters. The number of aryl methyl sites for hydroxylation is 1. The van der Waals surface area contributed by atoms with Gasteiger partial charge in [0.25, 0.3) is 0 Å². The number of carbonyl (C=O) groups excluding carboxylic acids is 1. The molecule has 1 unspecified atom stereocenters. The summed E-state index contributed by atoms with van der Waals surface area (Å²) in [6.07, 6.45) is 1.88. The van der Waals surface area contributed by atoms with Gasteiger partial charge in [0, 0.05) is 13.1 Å². The minimum Gasteiger partial charge on any atom is -0.495 e. The van der Waals surface area contributed by atoms with Gasteiger partial charge in [-0.1, -0.05) is 29.5 Å². The summed E-state index contributed by atoms with van der Waals surface area (Å²) in [4.78, 5) is 19.8. The first-order valence-corrected chi connectivity index (χ1v) is 10.0. The van der Waals surface area contributed by atoms with E-state index in [9.17, 15) is 4.79 Å². The second-order valence-corrected chi connectivity index (χ2v) is 7.95. The van der Waals surface area contributed by atoms with Crippen LogP contribution < -0.4 is 15.0 Å². The monoisotopic (exact) mass is 381 g/mol. The molecular formula is C21H23N3O2S. The number of fused-ring (bicyclic) bond motifs is 1. The van der Waals surface area contributed by atoms with E-state index in [-0.39, 0.29) is 11.8 Å². The summed E-state index contributed by atoms with van der Waals surface area (Å²) in [7, 11) is 1.61. The topological polar surface area (TPSA) is 54.5 Å². The number of carbonyl (C=O) groups is 1. The highest BCUT2D eigenvalue weighted by atomic mass is 32.1. The summed E-state index contributed by atoms with van der Waals surface area (Å²) >= 11 is 1.70. The van der Waals surface area contributed by atoms with Crippen LogP contribution in [0.1, 0.15) is 18.4 Å². The van der Waals surface area contributed by atoms with Gasteiger partial charge in [-0.2, -0.15) is 0 Å². The number of ether oxygens (including phenoxy) is 1. The molecule has 3 aromatic rings. The van der Waals surface area contributed by atoms with Crippen molar-refractivity contribution in [3.63, 3.8) is 0 Å². The lowest BCUT2D eigenvalue weighted by atomic mass is 9.97. The van der Waals surface area contributed by atoms with Gasteiger partial charge in [-0.3, -0.25) is 4.79 Å². The van der Waals surface area contributed by atoms with Crippen LogP contribution in [0.25, 0.3) is 10.2 Å². The number of anilines is 2. The van der Waals surface area contributed by atoms with Crippen molar-refractivity contribution in [2.75, 3.05) is 30.4 Å². The molecule has 1 aliphatic heterocycles. The lowest BCUT2D eigenvalue weighted by Crippen LogP contribution is -2.40. The number of nitrogens with one attached hydrogen (secondary N) is 1. The van der Waals surface area contributed by atoms with Crippen molar-refractivity contribution in [2.45, 2.75) is 19.8 Å². The number of amides is 1. The quantitative estimate of drug-likeness (QED) is 0.724. The predicted molar refractivity (Wildman–Crippen MR) is 111 cm³/mol. The van der Waals surface area contributed by atoms with E-state index in [4.69, 9.17) is 9.72 Å². The molecule has 0 radical (unpaired) electrons. The molecule has 5 nitrogen and oxygen atoms in total. The van der Waals surface area contributed by atoms with Gasteiger partial charge in [0.1, 0.15) is 5.75 Å². The van der Waals surface area contributed by atoms with Crippen LogP contribution in [-0.4, -0.2) is 31.1 Å². The maximum absolute atomic E-state index is 12.8. The summed E-state index contributed by atoms with van der Waals surface area (Å²) in [5.41, 5.74) is 2.99. The Morgan fingerprint density at radius 2 is 2.15 bits per heavy atom. The van der Waals surface area contributed by atoms with E-state index in [1.54, 1.807) is 18.4 Å². The van der Waals surface area contributed by atoms with Crippen molar-refractivity contribution in [1.29, 1.82) is 0 Å². The third-order valence-electron chi connectivity index (χ3n) is 4.96. The molecule has 2 heterocycles. The fourth-order valence-electron chi connectivity index (χ4n) is 3.50. The van der Waals surface area contributed by atoms with Crippen LogP contribution in [0.2, 0.25) is 0 Å². The standard InChI is InChI=1S/C21H23N3O2S/c1-14-9-10-17-19(12-14)27-21(23-17)24-11-5-6-15(13-24)20(25)22-16-7-3-4-8-18(16)26-2/h3-4,7-10,12,15H,5-6,11,13H2,1-2H3,(H,22,25). The minimum atomic E-state index is -0.0580. The molecule has 27 heavy (non-hydrogen) atoms. The van der Waals surface area contributed by atoms with Crippen LogP contribution in [0.5, 0.6) is 5.75 Å². The lowest BCUT2D eigenvalue weighted by Gasteiger charge is -2.31. The molecule has 0 saturated carbocycles. The van der Waals surface area contributed by atoms with Crippen molar-refractivity contribution < 1.29 is 9.53 Å². The van der Waals surface area contributed by atoms with E-state index >= 15 is 0 Å². The number of hydrogen-bond donors (Lipinski definition) is 1. The lowest BCUT2D eigenvalue weighted by molar-refractivity contribution is -0.120. The van der Waals surface area contributed by atoms with E-state index in [0.29, 0.717) is 12.3 Å². The van der Waals surface area contributed by atoms with Crippen molar-refractivity contribution >= 4 is 38.3 Å². The first-order chi connectivity index (χ1) is 13.1. The molecule has 1 amide bonds. The molecule has 6 heteroatoms. The Hall–Kier alpha value is -2.60. The van der Waals surface area contributed by atoms with Crippen molar-refractivity contribution in [3.05, 3.63) is 48.0 Å². The highest BCUT2D eigenvalue weighted by Gasteiger charge is 2.28. The van der Waals surface area contributed by atoms with Crippen LogP contribution in [0, 0.1) is 12.8 Å². The Balaban J connectivity index is 1.49. The summed E-state index contributed by atoms with van der Waals surface area (Å²) in [6.45, 7) is 3.73. The molecule has 1 fully saturated rings. The molecule has 0 bridgehead atoms. The minimum absolute atomic E-state index is 0.0427. The molecule has 2 aromatic carbocycles. The smallest absolute Gasteiger partial charge is 0.229 e. The van der Waals surface area contributed by atoms with E-state index in [1.807, 2.05) is 24.3 Å². The van der Waals surface area contributed by atoms with E-state index < -0.39 is 0 Å². The van der Waals surface area contributed by atoms with E-state index in [2.05, 4.69) is 35.3 Å². The molecule has 140 valence electrons. The second-order valence-electron chi connectivity index (χ2n) is 6.94. The molecular weight excluding hydrogens is 358 g/mol. The zero-order valence-electron chi connectivity index (χ0n) is 15.6. The number of thiazole rings is 1. The second kappa shape index (κ2) is 7.56. The molecule has 1 saturated heterocycles. The Morgan fingerprint density at radius 3 is 3.00 bits per heavy atom. The fraction of sp³-hybridized carbons (Fsp3) is 0.333. The summed E-state index contributed by atoms with van der Waals surface area (Å²) in [5.74, 6) is 0.665. The zero-order valence-corrected chi connectivity index (χ0v) is 16.4. The Bertz CT molecular complexity index is 969. The third-order valence-corrected chi connectivity index (χ3v) is 6.04. The normalized spacial score (nSPS) is 17.1. The number of piperidine rings is 1. The van der Waals surface area contributed by atoms with Crippen LogP contribution in [-0.2, 0) is 4.79 Å². The number of para-hydroxylation sites is 2. The molecule has 1 N–H and O–H groups in total. The van der Waals surface area contributed by atoms with Crippen LogP contribution in [0.15, 0.2) is 42.5 Å². The maximum Gasteiger partial charge on any atom is 0.229 e. The van der Waals surface area contributed by atoms with Crippen LogP contribution in [0.4, 0.5) is 10.8 Å².